The molecule has 6 nitrogen and oxygen atoms in total. The summed E-state index contributed by atoms with van der Waals surface area (Å²) in [5, 5.41) is 3.17. The number of amides is 2. The first-order valence-corrected chi connectivity index (χ1v) is 8.12. The number of benzene rings is 1. The Balaban J connectivity index is 1.54. The molecule has 0 aliphatic carbocycles. The number of hydrogen-bond acceptors (Lipinski definition) is 4. The van der Waals surface area contributed by atoms with Crippen LogP contribution in [0.2, 0.25) is 0 Å². The van der Waals surface area contributed by atoms with Crippen LogP contribution < -0.4 is 5.32 Å². The maximum Gasteiger partial charge on any atom is 0.253 e. The van der Waals surface area contributed by atoms with Gasteiger partial charge in [-0.25, -0.2) is 0 Å². The van der Waals surface area contributed by atoms with Gasteiger partial charge in [-0.3, -0.25) is 9.59 Å². The van der Waals surface area contributed by atoms with Crippen LogP contribution in [0.4, 0.5) is 0 Å². The van der Waals surface area contributed by atoms with Gasteiger partial charge in [-0.05, 0) is 19.1 Å². The number of carbonyl (C=O) groups excluding carboxylic acids is 2. The SMILES string of the molecule is Cc1ccc(C(=O)N2CCN(C(=O)C3CNCCO3)CC2)cc1. The number of nitrogens with zero attached hydrogens (tertiary/aromatic N) is 2. The monoisotopic (exact) mass is 317 g/mol. The highest BCUT2D eigenvalue weighted by atomic mass is 16.5. The van der Waals surface area contributed by atoms with Gasteiger partial charge in [0.15, 0.2) is 0 Å². The molecule has 0 radical (unpaired) electrons. The van der Waals surface area contributed by atoms with Gasteiger partial charge < -0.3 is 19.9 Å². The van der Waals surface area contributed by atoms with E-state index < -0.39 is 0 Å². The van der Waals surface area contributed by atoms with Gasteiger partial charge in [-0.2, -0.15) is 0 Å². The standard InChI is InChI=1S/C17H23N3O3/c1-13-2-4-14(5-3-13)16(21)19-7-9-20(10-8-19)17(22)15-12-18-6-11-23-15/h2-5,15,18H,6-12H2,1H3. The third kappa shape index (κ3) is 3.71. The van der Waals surface area contributed by atoms with Crippen LogP contribution in [0.15, 0.2) is 24.3 Å². The van der Waals surface area contributed by atoms with E-state index in [0.717, 1.165) is 12.1 Å². The van der Waals surface area contributed by atoms with E-state index >= 15 is 0 Å². The summed E-state index contributed by atoms with van der Waals surface area (Å²) in [6.07, 6.45) is -0.386. The number of piperazine rings is 1. The van der Waals surface area contributed by atoms with Crippen LogP contribution in [0, 0.1) is 6.92 Å². The Morgan fingerprint density at radius 2 is 1.74 bits per heavy atom. The zero-order valence-electron chi connectivity index (χ0n) is 13.5. The van der Waals surface area contributed by atoms with Crippen LogP contribution >= 0.6 is 0 Å². The molecule has 2 saturated heterocycles. The second-order valence-electron chi connectivity index (χ2n) is 6.05. The predicted octanol–water partition coefficient (Wildman–Crippen LogP) is 0.268. The number of nitrogens with one attached hydrogen (secondary N) is 1. The topological polar surface area (TPSA) is 61.9 Å². The lowest BCUT2D eigenvalue weighted by Gasteiger charge is -2.37. The van der Waals surface area contributed by atoms with Crippen LogP contribution in [0.3, 0.4) is 0 Å². The second kappa shape index (κ2) is 7.10. The molecule has 0 bridgehead atoms. The van der Waals surface area contributed by atoms with Crippen LogP contribution in [-0.2, 0) is 9.53 Å². The number of hydrogen-bond donors (Lipinski definition) is 1. The number of morpholine rings is 1. The number of aryl methyl sites for hydroxylation is 1. The maximum atomic E-state index is 12.5. The first-order valence-electron chi connectivity index (χ1n) is 8.12. The van der Waals surface area contributed by atoms with E-state index in [1.165, 1.54) is 0 Å². The first kappa shape index (κ1) is 16.0. The lowest BCUT2D eigenvalue weighted by molar-refractivity contribution is -0.146. The summed E-state index contributed by atoms with van der Waals surface area (Å²) in [4.78, 5) is 28.5. The van der Waals surface area contributed by atoms with Crippen LogP contribution in [0.25, 0.3) is 0 Å². The van der Waals surface area contributed by atoms with Crippen molar-refractivity contribution in [3.05, 3.63) is 35.4 Å². The quantitative estimate of drug-likeness (QED) is 0.850. The Hall–Kier alpha value is -1.92. The molecule has 3 rings (SSSR count). The second-order valence-corrected chi connectivity index (χ2v) is 6.05. The van der Waals surface area contributed by atoms with Crippen molar-refractivity contribution in [3.63, 3.8) is 0 Å². The van der Waals surface area contributed by atoms with Crippen molar-refractivity contribution in [2.45, 2.75) is 13.0 Å². The molecule has 2 heterocycles. The van der Waals surface area contributed by atoms with Gasteiger partial charge in [0.25, 0.3) is 11.8 Å². The fourth-order valence-electron chi connectivity index (χ4n) is 2.94. The Bertz CT molecular complexity index is 559. The van der Waals surface area contributed by atoms with Crippen molar-refractivity contribution in [2.75, 3.05) is 45.9 Å². The predicted molar refractivity (Wildman–Crippen MR) is 86.3 cm³/mol. The Morgan fingerprint density at radius 3 is 2.35 bits per heavy atom. The van der Waals surface area contributed by atoms with Crippen molar-refractivity contribution in [1.29, 1.82) is 0 Å². The Labute approximate surface area is 136 Å². The summed E-state index contributed by atoms with van der Waals surface area (Å²) >= 11 is 0. The molecule has 23 heavy (non-hydrogen) atoms. The van der Waals surface area contributed by atoms with E-state index in [1.807, 2.05) is 36.1 Å². The number of ether oxygens (including phenoxy) is 1. The van der Waals surface area contributed by atoms with Crippen molar-refractivity contribution in [3.8, 4) is 0 Å². The summed E-state index contributed by atoms with van der Waals surface area (Å²) < 4.78 is 5.51. The minimum absolute atomic E-state index is 0.0274. The molecule has 124 valence electrons. The summed E-state index contributed by atoms with van der Waals surface area (Å²) in [6, 6.07) is 7.61. The largest absolute Gasteiger partial charge is 0.366 e. The van der Waals surface area contributed by atoms with Crippen molar-refractivity contribution >= 4 is 11.8 Å². The van der Waals surface area contributed by atoms with E-state index in [9.17, 15) is 9.59 Å². The Morgan fingerprint density at radius 1 is 1.09 bits per heavy atom. The zero-order valence-corrected chi connectivity index (χ0v) is 13.5. The molecule has 0 saturated carbocycles. The highest BCUT2D eigenvalue weighted by Gasteiger charge is 2.30. The van der Waals surface area contributed by atoms with Crippen LogP contribution in [0.5, 0.6) is 0 Å². The molecule has 0 spiro atoms. The maximum absolute atomic E-state index is 12.5. The first-order chi connectivity index (χ1) is 11.1. The lowest BCUT2D eigenvalue weighted by Crippen LogP contribution is -2.56. The molecule has 1 unspecified atom stereocenters. The van der Waals surface area contributed by atoms with Gasteiger partial charge in [0, 0.05) is 44.8 Å². The van der Waals surface area contributed by atoms with Gasteiger partial charge in [-0.15, -0.1) is 0 Å². The molecular formula is C17H23N3O3. The van der Waals surface area contributed by atoms with E-state index in [0.29, 0.717) is 44.9 Å². The Kier molecular flexibility index (Phi) is 4.93. The minimum atomic E-state index is -0.386. The van der Waals surface area contributed by atoms with Gasteiger partial charge >= 0.3 is 0 Å². The third-order valence-corrected chi connectivity index (χ3v) is 4.38. The van der Waals surface area contributed by atoms with Crippen LogP contribution in [0.1, 0.15) is 15.9 Å². The molecule has 0 aromatic heterocycles. The summed E-state index contributed by atoms with van der Waals surface area (Å²) in [5.41, 5.74) is 1.84. The van der Waals surface area contributed by atoms with E-state index in [-0.39, 0.29) is 17.9 Å². The lowest BCUT2D eigenvalue weighted by atomic mass is 10.1. The smallest absolute Gasteiger partial charge is 0.253 e. The molecule has 1 N–H and O–H groups in total. The fourth-order valence-corrected chi connectivity index (χ4v) is 2.94. The molecular weight excluding hydrogens is 294 g/mol. The van der Waals surface area contributed by atoms with E-state index in [1.54, 1.807) is 4.90 Å². The normalized spacial score (nSPS) is 22.0. The molecule has 1 aromatic carbocycles. The fraction of sp³-hybridized carbons (Fsp3) is 0.529. The summed E-state index contributed by atoms with van der Waals surface area (Å²) in [7, 11) is 0. The van der Waals surface area contributed by atoms with E-state index in [2.05, 4.69) is 5.32 Å². The summed E-state index contributed by atoms with van der Waals surface area (Å²) in [6.45, 7) is 6.21. The molecule has 1 atom stereocenters. The molecule has 2 amide bonds. The minimum Gasteiger partial charge on any atom is -0.366 e. The van der Waals surface area contributed by atoms with Crippen molar-refractivity contribution in [1.82, 2.24) is 15.1 Å². The average molecular weight is 317 g/mol. The molecule has 6 heteroatoms. The van der Waals surface area contributed by atoms with Gasteiger partial charge in [0.05, 0.1) is 6.61 Å². The number of rotatable bonds is 2. The van der Waals surface area contributed by atoms with Crippen molar-refractivity contribution < 1.29 is 14.3 Å². The van der Waals surface area contributed by atoms with Gasteiger partial charge in [-0.1, -0.05) is 17.7 Å². The van der Waals surface area contributed by atoms with Gasteiger partial charge in [0.2, 0.25) is 0 Å². The van der Waals surface area contributed by atoms with E-state index in [4.69, 9.17) is 4.74 Å². The summed E-state index contributed by atoms with van der Waals surface area (Å²) in [5.74, 6) is 0.0623. The molecule has 1 aromatic rings. The number of carbonyl (C=O) groups is 2. The molecule has 2 fully saturated rings. The van der Waals surface area contributed by atoms with Crippen LogP contribution in [-0.4, -0.2) is 73.6 Å². The van der Waals surface area contributed by atoms with Gasteiger partial charge in [0.1, 0.15) is 6.10 Å². The zero-order chi connectivity index (χ0) is 16.2. The molecule has 2 aliphatic rings. The van der Waals surface area contributed by atoms with Crippen molar-refractivity contribution in [2.24, 2.45) is 0 Å². The average Bonchev–Trinajstić information content (AvgIpc) is 2.62. The highest BCUT2D eigenvalue weighted by molar-refractivity contribution is 5.94. The highest BCUT2D eigenvalue weighted by Crippen LogP contribution is 2.12. The molecule has 2 aliphatic heterocycles. The third-order valence-electron chi connectivity index (χ3n) is 4.38.